The molecule has 0 atom stereocenters. The number of halogens is 1. The van der Waals surface area contributed by atoms with Crippen molar-refractivity contribution in [2.24, 2.45) is 0 Å². The van der Waals surface area contributed by atoms with Crippen molar-refractivity contribution in [1.29, 1.82) is 0 Å². The van der Waals surface area contributed by atoms with E-state index in [1.54, 1.807) is 41.7 Å². The first kappa shape index (κ1) is 21.0. The van der Waals surface area contributed by atoms with Gasteiger partial charge in [0.1, 0.15) is 0 Å². The molecule has 3 amide bonds. The molecule has 28 heavy (non-hydrogen) atoms. The Morgan fingerprint density at radius 3 is 2.71 bits per heavy atom. The van der Waals surface area contributed by atoms with Crippen LogP contribution in [-0.2, 0) is 15.3 Å². The van der Waals surface area contributed by atoms with E-state index in [0.717, 1.165) is 28.0 Å². The number of carbonyl (C=O) groups is 3. The Balaban J connectivity index is 1.44. The Morgan fingerprint density at radius 1 is 1.21 bits per heavy atom. The lowest BCUT2D eigenvalue weighted by molar-refractivity contribution is -0.123. The Hall–Kier alpha value is -1.74. The highest BCUT2D eigenvalue weighted by molar-refractivity contribution is 8.18. The molecule has 1 aliphatic rings. The maximum absolute atomic E-state index is 12.4. The van der Waals surface area contributed by atoms with Gasteiger partial charge in [-0.1, -0.05) is 29.8 Å². The van der Waals surface area contributed by atoms with Crippen LogP contribution in [0.2, 0.25) is 5.02 Å². The van der Waals surface area contributed by atoms with Crippen LogP contribution < -0.4 is 5.32 Å². The molecule has 0 radical (unpaired) electrons. The Bertz CT molecular complexity index is 882. The molecule has 1 saturated heterocycles. The minimum absolute atomic E-state index is 0.106. The van der Waals surface area contributed by atoms with Gasteiger partial charge in [0.25, 0.3) is 11.1 Å². The average Bonchev–Trinajstić information content (AvgIpc) is 3.27. The standard InChI is InChI=1S/C19H17ClN2O3S3/c20-14-5-3-13(4-6-14)10-16-18(24)22(19(25)28-16)8-7-21-17(23)12-26-11-15-2-1-9-27-15/h1-6,9-10H,7-8,11-12H2,(H,21,23)/b16-10-. The lowest BCUT2D eigenvalue weighted by Crippen LogP contribution is -2.37. The fourth-order valence-corrected chi connectivity index (χ4v) is 5.09. The molecule has 0 bridgehead atoms. The number of amides is 3. The van der Waals surface area contributed by atoms with Crippen molar-refractivity contribution in [3.05, 3.63) is 62.1 Å². The molecule has 5 nitrogen and oxygen atoms in total. The zero-order valence-corrected chi connectivity index (χ0v) is 17.9. The van der Waals surface area contributed by atoms with Crippen LogP contribution in [0.5, 0.6) is 0 Å². The average molecular weight is 453 g/mol. The lowest BCUT2D eigenvalue weighted by Gasteiger charge is -2.12. The second kappa shape index (κ2) is 10.2. The molecule has 1 fully saturated rings. The van der Waals surface area contributed by atoms with Gasteiger partial charge in [0.2, 0.25) is 5.91 Å². The van der Waals surface area contributed by atoms with Crippen molar-refractivity contribution in [2.45, 2.75) is 5.75 Å². The van der Waals surface area contributed by atoms with E-state index in [1.807, 2.05) is 17.5 Å². The molecular weight excluding hydrogens is 436 g/mol. The number of thiophene rings is 1. The summed E-state index contributed by atoms with van der Waals surface area (Å²) in [7, 11) is 0. The second-order valence-electron chi connectivity index (χ2n) is 5.81. The third-order valence-corrected chi connectivity index (χ3v) is 6.96. The number of rotatable bonds is 8. The fourth-order valence-electron chi connectivity index (χ4n) is 2.40. The van der Waals surface area contributed by atoms with Gasteiger partial charge in [-0.2, -0.15) is 0 Å². The van der Waals surface area contributed by atoms with Crippen LogP contribution in [0, 0.1) is 0 Å². The van der Waals surface area contributed by atoms with Crippen LogP contribution in [0.4, 0.5) is 4.79 Å². The van der Waals surface area contributed by atoms with E-state index < -0.39 is 0 Å². The highest BCUT2D eigenvalue weighted by Gasteiger charge is 2.34. The first-order valence-electron chi connectivity index (χ1n) is 8.40. The topological polar surface area (TPSA) is 66.5 Å². The van der Waals surface area contributed by atoms with Crippen LogP contribution in [0.15, 0.2) is 46.7 Å². The third-order valence-electron chi connectivity index (χ3n) is 3.76. The van der Waals surface area contributed by atoms with E-state index in [9.17, 15) is 14.4 Å². The van der Waals surface area contributed by atoms with Gasteiger partial charge >= 0.3 is 0 Å². The van der Waals surface area contributed by atoms with E-state index in [0.29, 0.717) is 15.7 Å². The summed E-state index contributed by atoms with van der Waals surface area (Å²) in [5.41, 5.74) is 0.797. The minimum Gasteiger partial charge on any atom is -0.354 e. The number of benzene rings is 1. The van der Waals surface area contributed by atoms with E-state index in [1.165, 1.54) is 16.6 Å². The summed E-state index contributed by atoms with van der Waals surface area (Å²) in [6.45, 7) is 0.397. The van der Waals surface area contributed by atoms with Crippen LogP contribution in [0.1, 0.15) is 10.4 Å². The van der Waals surface area contributed by atoms with E-state index in [-0.39, 0.29) is 30.1 Å². The van der Waals surface area contributed by atoms with Crippen molar-refractivity contribution < 1.29 is 14.4 Å². The minimum atomic E-state index is -0.341. The van der Waals surface area contributed by atoms with Gasteiger partial charge in [0.15, 0.2) is 0 Å². The van der Waals surface area contributed by atoms with Gasteiger partial charge in [-0.15, -0.1) is 23.1 Å². The maximum Gasteiger partial charge on any atom is 0.293 e. The molecule has 1 aliphatic heterocycles. The quantitative estimate of drug-likeness (QED) is 0.598. The molecule has 9 heteroatoms. The number of hydrogen-bond acceptors (Lipinski definition) is 6. The number of carbonyl (C=O) groups excluding carboxylic acids is 3. The van der Waals surface area contributed by atoms with E-state index >= 15 is 0 Å². The van der Waals surface area contributed by atoms with Crippen molar-refractivity contribution in [2.75, 3.05) is 18.8 Å². The number of thioether (sulfide) groups is 2. The number of imide groups is 1. The first-order chi connectivity index (χ1) is 13.5. The van der Waals surface area contributed by atoms with Gasteiger partial charge in [-0.05, 0) is 47.0 Å². The van der Waals surface area contributed by atoms with Crippen LogP contribution in [0.3, 0.4) is 0 Å². The number of nitrogens with zero attached hydrogens (tertiary/aromatic N) is 1. The van der Waals surface area contributed by atoms with Crippen molar-refractivity contribution in [3.8, 4) is 0 Å². The number of nitrogens with one attached hydrogen (secondary N) is 1. The van der Waals surface area contributed by atoms with E-state index in [4.69, 9.17) is 11.6 Å². The zero-order chi connectivity index (χ0) is 19.9. The summed E-state index contributed by atoms with van der Waals surface area (Å²) in [6.07, 6.45) is 1.67. The van der Waals surface area contributed by atoms with Crippen LogP contribution in [-0.4, -0.2) is 40.8 Å². The largest absolute Gasteiger partial charge is 0.354 e. The summed E-state index contributed by atoms with van der Waals surface area (Å²) in [6, 6.07) is 11.0. The summed E-state index contributed by atoms with van der Waals surface area (Å²) < 4.78 is 0. The van der Waals surface area contributed by atoms with Crippen LogP contribution >= 0.6 is 46.5 Å². The predicted molar refractivity (Wildman–Crippen MR) is 118 cm³/mol. The lowest BCUT2D eigenvalue weighted by atomic mass is 10.2. The Morgan fingerprint density at radius 2 is 2.00 bits per heavy atom. The highest BCUT2D eigenvalue weighted by Crippen LogP contribution is 2.32. The van der Waals surface area contributed by atoms with Crippen LogP contribution in [0.25, 0.3) is 6.08 Å². The molecule has 0 saturated carbocycles. The molecule has 0 spiro atoms. The molecule has 3 rings (SSSR count). The third kappa shape index (κ3) is 5.88. The highest BCUT2D eigenvalue weighted by atomic mass is 35.5. The molecular formula is C19H17ClN2O3S3. The van der Waals surface area contributed by atoms with Crippen molar-refractivity contribution in [3.63, 3.8) is 0 Å². The molecule has 1 aromatic heterocycles. The SMILES string of the molecule is O=C(CSCc1cccs1)NCCN1C(=O)S/C(=C\c2ccc(Cl)cc2)C1=O. The first-order valence-corrected chi connectivity index (χ1v) is 11.6. The molecule has 146 valence electrons. The molecule has 2 heterocycles. The smallest absolute Gasteiger partial charge is 0.293 e. The number of hydrogen-bond donors (Lipinski definition) is 1. The normalized spacial score (nSPS) is 15.5. The molecule has 1 aromatic carbocycles. The molecule has 2 aromatic rings. The maximum atomic E-state index is 12.4. The Kier molecular flexibility index (Phi) is 7.61. The summed E-state index contributed by atoms with van der Waals surface area (Å²) in [5, 5.41) is 5.04. The molecule has 0 aliphatic carbocycles. The van der Waals surface area contributed by atoms with Gasteiger partial charge in [0, 0.05) is 28.7 Å². The fraction of sp³-hybridized carbons (Fsp3) is 0.211. The molecule has 1 N–H and O–H groups in total. The Labute approximate surface area is 180 Å². The summed E-state index contributed by atoms with van der Waals surface area (Å²) in [5.74, 6) is 0.691. The van der Waals surface area contributed by atoms with Crippen molar-refractivity contribution in [1.82, 2.24) is 10.2 Å². The monoisotopic (exact) mass is 452 g/mol. The predicted octanol–water partition coefficient (Wildman–Crippen LogP) is 4.49. The van der Waals surface area contributed by atoms with Gasteiger partial charge in [-0.3, -0.25) is 19.3 Å². The summed E-state index contributed by atoms with van der Waals surface area (Å²) >= 11 is 9.95. The zero-order valence-electron chi connectivity index (χ0n) is 14.7. The molecule has 0 unspecified atom stereocenters. The van der Waals surface area contributed by atoms with Gasteiger partial charge in [0.05, 0.1) is 10.7 Å². The van der Waals surface area contributed by atoms with Gasteiger partial charge < -0.3 is 5.32 Å². The summed E-state index contributed by atoms with van der Waals surface area (Å²) in [4.78, 5) is 39.2. The van der Waals surface area contributed by atoms with Gasteiger partial charge in [-0.25, -0.2) is 0 Å². The second-order valence-corrected chi connectivity index (χ2v) is 9.25. The van der Waals surface area contributed by atoms with Crippen molar-refractivity contribution >= 4 is 69.6 Å². The van der Waals surface area contributed by atoms with E-state index in [2.05, 4.69) is 5.32 Å².